The SMILES string of the molecule is O=C(O)CNc1ncc(CN2Cc3ccccc3CC2C(=O)O)cn1. The number of aliphatic carboxylic acids is 2. The summed E-state index contributed by atoms with van der Waals surface area (Å²) in [5, 5.41) is 20.8. The molecule has 25 heavy (non-hydrogen) atoms. The van der Waals surface area contributed by atoms with E-state index in [1.54, 1.807) is 12.4 Å². The Morgan fingerprint density at radius 1 is 1.16 bits per heavy atom. The van der Waals surface area contributed by atoms with Gasteiger partial charge in [-0.25, -0.2) is 9.97 Å². The number of nitrogens with one attached hydrogen (secondary N) is 1. The van der Waals surface area contributed by atoms with Crippen molar-refractivity contribution >= 4 is 17.9 Å². The van der Waals surface area contributed by atoms with Gasteiger partial charge in [-0.3, -0.25) is 14.5 Å². The van der Waals surface area contributed by atoms with E-state index in [1.807, 2.05) is 29.2 Å². The fourth-order valence-electron chi connectivity index (χ4n) is 2.90. The molecule has 3 N–H and O–H groups in total. The van der Waals surface area contributed by atoms with Crippen LogP contribution in [0.15, 0.2) is 36.7 Å². The molecule has 1 atom stereocenters. The van der Waals surface area contributed by atoms with Gasteiger partial charge in [-0.05, 0) is 17.5 Å². The quantitative estimate of drug-likeness (QED) is 0.712. The number of fused-ring (bicyclic) bond motifs is 1. The molecule has 0 spiro atoms. The molecule has 2 aromatic rings. The number of carboxylic acid groups (broad SMARTS) is 2. The first kappa shape index (κ1) is 16.8. The Labute approximate surface area is 144 Å². The van der Waals surface area contributed by atoms with Crippen molar-refractivity contribution in [1.82, 2.24) is 14.9 Å². The van der Waals surface area contributed by atoms with Crippen LogP contribution in [0.2, 0.25) is 0 Å². The van der Waals surface area contributed by atoms with Gasteiger partial charge in [0.05, 0.1) is 0 Å². The summed E-state index contributed by atoms with van der Waals surface area (Å²) >= 11 is 0. The standard InChI is InChI=1S/C17H18N4O4/c22-15(23)8-20-17-18-6-11(7-19-17)9-21-10-13-4-2-1-3-12(13)5-14(21)16(24)25/h1-4,6-7,14H,5,8-10H2,(H,22,23)(H,24,25)(H,18,19,20). The lowest BCUT2D eigenvalue weighted by molar-refractivity contribution is -0.144. The van der Waals surface area contributed by atoms with Crippen molar-refractivity contribution in [3.8, 4) is 0 Å². The summed E-state index contributed by atoms with van der Waals surface area (Å²) in [5.41, 5.74) is 2.96. The summed E-state index contributed by atoms with van der Waals surface area (Å²) in [4.78, 5) is 32.2. The zero-order valence-corrected chi connectivity index (χ0v) is 13.4. The molecule has 0 aliphatic carbocycles. The van der Waals surface area contributed by atoms with E-state index in [4.69, 9.17) is 5.11 Å². The van der Waals surface area contributed by atoms with Crippen LogP contribution < -0.4 is 5.32 Å². The Kier molecular flexibility index (Phi) is 4.90. The van der Waals surface area contributed by atoms with Crippen molar-refractivity contribution in [1.29, 1.82) is 0 Å². The van der Waals surface area contributed by atoms with Crippen molar-refractivity contribution in [3.63, 3.8) is 0 Å². The Morgan fingerprint density at radius 3 is 2.48 bits per heavy atom. The van der Waals surface area contributed by atoms with Gasteiger partial charge < -0.3 is 15.5 Å². The maximum Gasteiger partial charge on any atom is 0.322 e. The average molecular weight is 342 g/mol. The second-order valence-corrected chi connectivity index (χ2v) is 5.89. The number of hydrogen-bond donors (Lipinski definition) is 3. The molecule has 1 aromatic heterocycles. The molecule has 1 aliphatic rings. The van der Waals surface area contributed by atoms with Crippen LogP contribution in [-0.4, -0.2) is 49.6 Å². The second kappa shape index (κ2) is 7.27. The molecule has 1 unspecified atom stereocenters. The number of benzene rings is 1. The lowest BCUT2D eigenvalue weighted by Gasteiger charge is -2.34. The normalized spacial score (nSPS) is 16.9. The molecule has 0 saturated carbocycles. The third kappa shape index (κ3) is 4.10. The largest absolute Gasteiger partial charge is 0.480 e. The molecule has 8 heteroatoms. The highest BCUT2D eigenvalue weighted by atomic mass is 16.4. The average Bonchev–Trinajstić information content (AvgIpc) is 2.60. The molecule has 0 amide bonds. The number of carbonyl (C=O) groups is 2. The maximum absolute atomic E-state index is 11.6. The van der Waals surface area contributed by atoms with Crippen molar-refractivity contribution in [2.24, 2.45) is 0 Å². The van der Waals surface area contributed by atoms with Gasteiger partial charge in [0.2, 0.25) is 5.95 Å². The van der Waals surface area contributed by atoms with Crippen LogP contribution in [0.25, 0.3) is 0 Å². The number of aromatic nitrogens is 2. The number of anilines is 1. The lowest BCUT2D eigenvalue weighted by Crippen LogP contribution is -2.45. The summed E-state index contributed by atoms with van der Waals surface area (Å²) in [6.07, 6.45) is 3.62. The van der Waals surface area contributed by atoms with E-state index in [-0.39, 0.29) is 12.5 Å². The molecule has 130 valence electrons. The minimum atomic E-state index is -0.996. The van der Waals surface area contributed by atoms with Gasteiger partial charge in [-0.2, -0.15) is 0 Å². The van der Waals surface area contributed by atoms with Crippen LogP contribution in [0.4, 0.5) is 5.95 Å². The first-order valence-corrected chi connectivity index (χ1v) is 7.83. The van der Waals surface area contributed by atoms with E-state index in [0.29, 0.717) is 19.5 Å². The minimum absolute atomic E-state index is 0.227. The van der Waals surface area contributed by atoms with Crippen LogP contribution in [-0.2, 0) is 29.1 Å². The van der Waals surface area contributed by atoms with Gasteiger partial charge in [0.25, 0.3) is 0 Å². The van der Waals surface area contributed by atoms with Crippen molar-refractivity contribution in [2.45, 2.75) is 25.6 Å². The van der Waals surface area contributed by atoms with Gasteiger partial charge in [0.15, 0.2) is 0 Å². The molecule has 1 aliphatic heterocycles. The second-order valence-electron chi connectivity index (χ2n) is 5.89. The molecule has 2 heterocycles. The summed E-state index contributed by atoms with van der Waals surface area (Å²) in [7, 11) is 0. The molecule has 3 rings (SSSR count). The van der Waals surface area contributed by atoms with Crippen molar-refractivity contribution in [2.75, 3.05) is 11.9 Å². The number of rotatable bonds is 6. The number of hydrogen-bond acceptors (Lipinski definition) is 6. The van der Waals surface area contributed by atoms with Gasteiger partial charge in [-0.1, -0.05) is 24.3 Å². The fraction of sp³-hybridized carbons (Fsp3) is 0.294. The van der Waals surface area contributed by atoms with Crippen LogP contribution >= 0.6 is 0 Å². The summed E-state index contributed by atoms with van der Waals surface area (Å²) < 4.78 is 0. The lowest BCUT2D eigenvalue weighted by atomic mass is 9.93. The monoisotopic (exact) mass is 342 g/mol. The minimum Gasteiger partial charge on any atom is -0.480 e. The summed E-state index contributed by atoms with van der Waals surface area (Å²) in [6.45, 7) is 0.694. The van der Waals surface area contributed by atoms with E-state index in [1.165, 1.54) is 0 Å². The third-order valence-electron chi connectivity index (χ3n) is 4.12. The van der Waals surface area contributed by atoms with Crippen LogP contribution in [0.3, 0.4) is 0 Å². The Balaban J connectivity index is 1.72. The van der Waals surface area contributed by atoms with E-state index >= 15 is 0 Å². The molecule has 0 bridgehead atoms. The van der Waals surface area contributed by atoms with E-state index in [2.05, 4.69) is 15.3 Å². The highest BCUT2D eigenvalue weighted by molar-refractivity contribution is 5.74. The maximum atomic E-state index is 11.6. The topological polar surface area (TPSA) is 116 Å². The Bertz CT molecular complexity index is 778. The van der Waals surface area contributed by atoms with Crippen molar-refractivity contribution < 1.29 is 19.8 Å². The zero-order chi connectivity index (χ0) is 17.8. The molecule has 0 fully saturated rings. The van der Waals surface area contributed by atoms with E-state index < -0.39 is 18.0 Å². The van der Waals surface area contributed by atoms with Crippen LogP contribution in [0.1, 0.15) is 16.7 Å². The van der Waals surface area contributed by atoms with Gasteiger partial charge in [0.1, 0.15) is 12.6 Å². The fourth-order valence-corrected chi connectivity index (χ4v) is 2.90. The first-order valence-electron chi connectivity index (χ1n) is 7.83. The number of nitrogens with zero attached hydrogens (tertiary/aromatic N) is 3. The predicted octanol–water partition coefficient (Wildman–Crippen LogP) is 0.985. The van der Waals surface area contributed by atoms with Gasteiger partial charge in [0, 0.05) is 31.0 Å². The smallest absolute Gasteiger partial charge is 0.322 e. The Hall–Kier alpha value is -3.00. The van der Waals surface area contributed by atoms with Gasteiger partial charge in [-0.15, -0.1) is 0 Å². The van der Waals surface area contributed by atoms with E-state index in [0.717, 1.165) is 16.7 Å². The summed E-state index contributed by atoms with van der Waals surface area (Å²) in [5.74, 6) is -1.62. The van der Waals surface area contributed by atoms with Gasteiger partial charge >= 0.3 is 11.9 Å². The molecule has 0 radical (unpaired) electrons. The molecular formula is C17H18N4O4. The first-order chi connectivity index (χ1) is 12.0. The molecule has 1 aromatic carbocycles. The molecule has 8 nitrogen and oxygen atoms in total. The predicted molar refractivity (Wildman–Crippen MR) is 89.0 cm³/mol. The highest BCUT2D eigenvalue weighted by Gasteiger charge is 2.31. The van der Waals surface area contributed by atoms with Crippen LogP contribution in [0.5, 0.6) is 0 Å². The molecular weight excluding hydrogens is 324 g/mol. The highest BCUT2D eigenvalue weighted by Crippen LogP contribution is 2.25. The zero-order valence-electron chi connectivity index (χ0n) is 13.4. The number of carboxylic acids is 2. The third-order valence-corrected chi connectivity index (χ3v) is 4.12. The van der Waals surface area contributed by atoms with Crippen LogP contribution in [0, 0.1) is 0 Å². The van der Waals surface area contributed by atoms with Crippen molar-refractivity contribution in [3.05, 3.63) is 53.3 Å². The summed E-state index contributed by atoms with van der Waals surface area (Å²) in [6, 6.07) is 7.25. The Morgan fingerprint density at radius 2 is 1.84 bits per heavy atom. The molecule has 0 saturated heterocycles. The van der Waals surface area contributed by atoms with E-state index in [9.17, 15) is 14.7 Å².